The van der Waals surface area contributed by atoms with Crippen molar-refractivity contribution in [1.82, 2.24) is 19.5 Å². The van der Waals surface area contributed by atoms with Gasteiger partial charge in [-0.05, 0) is 6.07 Å². The Kier molecular flexibility index (Phi) is 4.86. The van der Waals surface area contributed by atoms with Gasteiger partial charge in [0.05, 0.1) is 25.5 Å². The van der Waals surface area contributed by atoms with E-state index in [2.05, 4.69) is 10.1 Å². The van der Waals surface area contributed by atoms with Crippen LogP contribution in [0.1, 0.15) is 16.2 Å². The molecule has 0 radical (unpaired) electrons. The van der Waals surface area contributed by atoms with Crippen LogP contribution in [0.15, 0.2) is 42.5 Å². The van der Waals surface area contributed by atoms with Crippen LogP contribution in [0.4, 0.5) is 13.2 Å². The van der Waals surface area contributed by atoms with Crippen LogP contribution in [0, 0.1) is 0 Å². The van der Waals surface area contributed by atoms with Gasteiger partial charge in [-0.2, -0.15) is 18.3 Å². The number of hydrogen-bond acceptors (Lipinski definition) is 5. The Morgan fingerprint density at radius 3 is 2.50 bits per heavy atom. The molecule has 1 aliphatic heterocycles. The van der Waals surface area contributed by atoms with Gasteiger partial charge in [0.15, 0.2) is 17.1 Å². The molecule has 0 N–H and O–H groups in total. The van der Waals surface area contributed by atoms with Crippen molar-refractivity contribution < 1.29 is 22.7 Å². The fourth-order valence-electron chi connectivity index (χ4n) is 3.11. The highest BCUT2D eigenvalue weighted by Gasteiger charge is 2.35. The van der Waals surface area contributed by atoms with Gasteiger partial charge < -0.3 is 4.74 Å². The molecule has 0 amide bonds. The molecule has 6 nitrogen and oxygen atoms in total. The molecule has 3 aromatic rings. The number of carbonyl (C=O) groups excluding carboxylic acids is 1. The average Bonchev–Trinajstić information content (AvgIpc) is 3.12. The first-order chi connectivity index (χ1) is 13.4. The number of ether oxygens (including phenoxy) is 1. The Morgan fingerprint density at radius 1 is 1.11 bits per heavy atom. The topological polar surface area (TPSA) is 59.7 Å². The summed E-state index contributed by atoms with van der Waals surface area (Å²) >= 11 is 0. The zero-order valence-electron chi connectivity index (χ0n) is 14.8. The summed E-state index contributed by atoms with van der Waals surface area (Å²) in [6, 6.07) is 10.8. The fourth-order valence-corrected chi connectivity index (χ4v) is 3.11. The highest BCUT2D eigenvalue weighted by atomic mass is 19.4. The van der Waals surface area contributed by atoms with Crippen molar-refractivity contribution in [1.29, 1.82) is 0 Å². The molecule has 28 heavy (non-hydrogen) atoms. The van der Waals surface area contributed by atoms with Gasteiger partial charge in [0, 0.05) is 24.7 Å². The summed E-state index contributed by atoms with van der Waals surface area (Å²) < 4.78 is 46.7. The maximum atomic E-state index is 13.6. The third-order valence-electron chi connectivity index (χ3n) is 4.54. The van der Waals surface area contributed by atoms with Crippen LogP contribution in [0.25, 0.3) is 16.9 Å². The molecule has 0 unspecified atom stereocenters. The van der Waals surface area contributed by atoms with Crippen molar-refractivity contribution in [2.24, 2.45) is 0 Å². The smallest absolute Gasteiger partial charge is 0.379 e. The van der Waals surface area contributed by atoms with E-state index in [1.165, 1.54) is 6.07 Å². The van der Waals surface area contributed by atoms with Gasteiger partial charge in [-0.3, -0.25) is 9.69 Å². The monoisotopic (exact) mass is 390 g/mol. The number of hydrogen-bond donors (Lipinski definition) is 0. The normalized spacial score (nSPS) is 15.8. The lowest BCUT2D eigenvalue weighted by Gasteiger charge is -2.25. The Bertz CT molecular complexity index is 996. The zero-order valence-corrected chi connectivity index (χ0v) is 14.8. The molecular formula is C19H17F3N4O2. The van der Waals surface area contributed by atoms with Crippen molar-refractivity contribution in [3.8, 4) is 11.3 Å². The first-order valence-corrected chi connectivity index (χ1v) is 8.78. The third-order valence-corrected chi connectivity index (χ3v) is 4.54. The Labute approximate surface area is 158 Å². The van der Waals surface area contributed by atoms with E-state index in [-0.39, 0.29) is 29.4 Å². The van der Waals surface area contributed by atoms with Crippen molar-refractivity contribution in [3.63, 3.8) is 0 Å². The summed E-state index contributed by atoms with van der Waals surface area (Å²) in [5, 5.41) is 3.91. The number of fused-ring (bicyclic) bond motifs is 1. The number of nitrogens with zero attached hydrogens (tertiary/aromatic N) is 4. The molecule has 1 saturated heterocycles. The molecule has 0 atom stereocenters. The molecule has 2 aromatic heterocycles. The molecule has 0 bridgehead atoms. The number of morpholine rings is 1. The summed E-state index contributed by atoms with van der Waals surface area (Å²) in [7, 11) is 0. The van der Waals surface area contributed by atoms with E-state index in [1.54, 1.807) is 30.3 Å². The van der Waals surface area contributed by atoms with Crippen LogP contribution >= 0.6 is 0 Å². The predicted octanol–water partition coefficient (Wildman–Crippen LogP) is 2.93. The number of alkyl halides is 3. The van der Waals surface area contributed by atoms with Crippen LogP contribution in [-0.2, 0) is 10.9 Å². The minimum Gasteiger partial charge on any atom is -0.379 e. The van der Waals surface area contributed by atoms with Crippen LogP contribution in [0.5, 0.6) is 0 Å². The summed E-state index contributed by atoms with van der Waals surface area (Å²) in [5.41, 5.74) is -0.291. The molecular weight excluding hydrogens is 373 g/mol. The van der Waals surface area contributed by atoms with Gasteiger partial charge in [-0.15, -0.1) is 0 Å². The molecule has 1 fully saturated rings. The second-order valence-corrected chi connectivity index (χ2v) is 6.50. The highest BCUT2D eigenvalue weighted by molar-refractivity contribution is 5.96. The number of halogens is 3. The maximum absolute atomic E-state index is 13.6. The number of ketones is 1. The number of aromatic nitrogens is 3. The van der Waals surface area contributed by atoms with E-state index < -0.39 is 11.9 Å². The molecule has 0 aliphatic carbocycles. The summed E-state index contributed by atoms with van der Waals surface area (Å²) in [4.78, 5) is 18.7. The first-order valence-electron chi connectivity index (χ1n) is 8.78. The Hall–Kier alpha value is -2.78. The summed E-state index contributed by atoms with van der Waals surface area (Å²) in [5.74, 6) is -0.346. The zero-order chi connectivity index (χ0) is 19.7. The van der Waals surface area contributed by atoms with Crippen LogP contribution in [0.3, 0.4) is 0 Å². The lowest BCUT2D eigenvalue weighted by molar-refractivity contribution is -0.142. The largest absolute Gasteiger partial charge is 0.433 e. The van der Waals surface area contributed by atoms with E-state index >= 15 is 0 Å². The van der Waals surface area contributed by atoms with E-state index in [0.29, 0.717) is 36.4 Å². The number of benzene rings is 1. The highest BCUT2D eigenvalue weighted by Crippen LogP contribution is 2.32. The first kappa shape index (κ1) is 18.6. The van der Waals surface area contributed by atoms with Gasteiger partial charge in [0.2, 0.25) is 0 Å². The minimum absolute atomic E-state index is 0.0148. The van der Waals surface area contributed by atoms with Gasteiger partial charge >= 0.3 is 6.18 Å². The molecule has 9 heteroatoms. The Morgan fingerprint density at radius 2 is 1.82 bits per heavy atom. The van der Waals surface area contributed by atoms with E-state index in [4.69, 9.17) is 4.74 Å². The molecule has 0 saturated carbocycles. The Balaban J connectivity index is 1.74. The molecule has 4 rings (SSSR count). The second-order valence-electron chi connectivity index (χ2n) is 6.50. The van der Waals surface area contributed by atoms with Crippen LogP contribution in [0.2, 0.25) is 0 Å². The second kappa shape index (κ2) is 7.33. The molecule has 1 aliphatic rings. The van der Waals surface area contributed by atoms with Crippen LogP contribution < -0.4 is 0 Å². The lowest BCUT2D eigenvalue weighted by atomic mass is 10.1. The third kappa shape index (κ3) is 3.76. The summed E-state index contributed by atoms with van der Waals surface area (Å²) in [6.07, 6.45) is -4.64. The molecule has 1 aromatic carbocycles. The number of rotatable bonds is 4. The van der Waals surface area contributed by atoms with Crippen molar-refractivity contribution >= 4 is 11.4 Å². The summed E-state index contributed by atoms with van der Waals surface area (Å²) in [6.45, 7) is 2.34. The lowest BCUT2D eigenvalue weighted by Crippen LogP contribution is -2.39. The SMILES string of the molecule is O=C(CN1CCOCC1)c1cc2nc(-c3ccccc3)cc(C(F)(F)F)n2n1. The van der Waals surface area contributed by atoms with Crippen molar-refractivity contribution in [3.05, 3.63) is 53.9 Å². The average molecular weight is 390 g/mol. The quantitative estimate of drug-likeness (QED) is 0.641. The fraction of sp³-hybridized carbons (Fsp3) is 0.316. The van der Waals surface area contributed by atoms with E-state index in [9.17, 15) is 18.0 Å². The number of carbonyl (C=O) groups is 1. The van der Waals surface area contributed by atoms with Gasteiger partial charge in [0.25, 0.3) is 0 Å². The molecule has 0 spiro atoms. The molecule has 146 valence electrons. The van der Waals surface area contributed by atoms with Gasteiger partial charge in [0.1, 0.15) is 5.69 Å². The van der Waals surface area contributed by atoms with E-state index in [0.717, 1.165) is 6.07 Å². The minimum atomic E-state index is -4.64. The van der Waals surface area contributed by atoms with Crippen molar-refractivity contribution in [2.45, 2.75) is 6.18 Å². The molecule has 3 heterocycles. The van der Waals surface area contributed by atoms with Crippen molar-refractivity contribution in [2.75, 3.05) is 32.8 Å². The predicted molar refractivity (Wildman–Crippen MR) is 95.0 cm³/mol. The van der Waals surface area contributed by atoms with Gasteiger partial charge in [-0.1, -0.05) is 30.3 Å². The van der Waals surface area contributed by atoms with E-state index in [1.807, 2.05) is 4.90 Å². The number of Topliss-reactive ketones (excluding diaryl/α,β-unsaturated/α-hetero) is 1. The van der Waals surface area contributed by atoms with Crippen LogP contribution in [-0.4, -0.2) is 58.1 Å². The van der Waals surface area contributed by atoms with Gasteiger partial charge in [-0.25, -0.2) is 9.50 Å². The maximum Gasteiger partial charge on any atom is 0.433 e. The standard InChI is InChI=1S/C19H17F3N4O2/c20-19(21,22)17-10-14(13-4-2-1-3-5-13)23-18-11-15(24-26(17)18)16(27)12-25-6-8-28-9-7-25/h1-5,10-11H,6-9,12H2.